The zero-order chi connectivity index (χ0) is 12.0. The number of likely N-dealkylation sites (N-methyl/N-ethyl adjacent to an activating group) is 1. The number of nitrogens with two attached hydrogens (primary N) is 1. The molecule has 0 bridgehead atoms. The molecule has 0 saturated carbocycles. The molecule has 1 heterocycles. The van der Waals surface area contributed by atoms with E-state index in [4.69, 9.17) is 15.2 Å². The molecule has 0 spiro atoms. The average Bonchev–Trinajstić information content (AvgIpc) is 2.31. The first kappa shape index (κ1) is 16.6. The summed E-state index contributed by atoms with van der Waals surface area (Å²) in [6.45, 7) is 1.64. The van der Waals surface area contributed by atoms with Crippen LogP contribution in [0.1, 0.15) is 19.3 Å². The molecule has 0 radical (unpaired) electrons. The molecule has 0 aliphatic carbocycles. The zero-order valence-corrected chi connectivity index (χ0v) is 11.4. The Morgan fingerprint density at radius 2 is 2.29 bits per heavy atom. The highest BCUT2D eigenvalue weighted by atomic mass is 35.5. The Morgan fingerprint density at radius 3 is 2.76 bits per heavy atom. The van der Waals surface area contributed by atoms with E-state index >= 15 is 0 Å². The van der Waals surface area contributed by atoms with Gasteiger partial charge in [-0.25, -0.2) is 0 Å². The van der Waals surface area contributed by atoms with Gasteiger partial charge in [-0.15, -0.1) is 12.4 Å². The lowest BCUT2D eigenvalue weighted by Gasteiger charge is -2.29. The Balaban J connectivity index is 0.00000256. The van der Waals surface area contributed by atoms with E-state index < -0.39 is 6.10 Å². The van der Waals surface area contributed by atoms with E-state index in [1.807, 2.05) is 0 Å². The molecule has 1 amide bonds. The summed E-state index contributed by atoms with van der Waals surface area (Å²) in [5, 5.41) is 0. The van der Waals surface area contributed by atoms with Crippen LogP contribution in [0.2, 0.25) is 0 Å². The fourth-order valence-electron chi connectivity index (χ4n) is 1.89. The van der Waals surface area contributed by atoms with Crippen LogP contribution in [0.5, 0.6) is 0 Å². The van der Waals surface area contributed by atoms with Gasteiger partial charge in [0.05, 0.1) is 6.10 Å². The Bertz CT molecular complexity index is 219. The lowest BCUT2D eigenvalue weighted by molar-refractivity contribution is -0.142. The van der Waals surface area contributed by atoms with Gasteiger partial charge in [-0.2, -0.15) is 0 Å². The Morgan fingerprint density at radius 1 is 1.59 bits per heavy atom. The molecule has 6 heteroatoms. The molecule has 2 atom stereocenters. The highest BCUT2D eigenvalue weighted by Gasteiger charge is 2.23. The molecule has 1 aliphatic heterocycles. The van der Waals surface area contributed by atoms with E-state index in [0.29, 0.717) is 6.54 Å². The van der Waals surface area contributed by atoms with Crippen molar-refractivity contribution in [3.05, 3.63) is 0 Å². The van der Waals surface area contributed by atoms with E-state index in [2.05, 4.69) is 0 Å². The predicted molar refractivity (Wildman–Crippen MR) is 68.3 cm³/mol. The van der Waals surface area contributed by atoms with Gasteiger partial charge in [-0.3, -0.25) is 4.79 Å². The Hall–Kier alpha value is -0.360. The Labute approximate surface area is 109 Å². The van der Waals surface area contributed by atoms with Crippen LogP contribution in [0.3, 0.4) is 0 Å². The third-order valence-electron chi connectivity index (χ3n) is 2.90. The fourth-order valence-corrected chi connectivity index (χ4v) is 1.89. The molecule has 2 unspecified atom stereocenters. The van der Waals surface area contributed by atoms with Crippen molar-refractivity contribution in [2.75, 3.05) is 33.9 Å². The maximum Gasteiger partial charge on any atom is 0.252 e. The monoisotopic (exact) mass is 266 g/mol. The maximum atomic E-state index is 11.8. The van der Waals surface area contributed by atoms with Crippen molar-refractivity contribution in [2.45, 2.75) is 31.5 Å². The van der Waals surface area contributed by atoms with E-state index in [9.17, 15) is 4.79 Å². The van der Waals surface area contributed by atoms with Crippen LogP contribution < -0.4 is 5.73 Å². The van der Waals surface area contributed by atoms with E-state index in [0.717, 1.165) is 19.4 Å². The molecule has 1 rings (SSSR count). The third kappa shape index (κ3) is 5.21. The number of amides is 1. The number of nitrogens with zero attached hydrogens (tertiary/aromatic N) is 1. The number of carbonyl (C=O) groups excluding carboxylic acids is 1. The van der Waals surface area contributed by atoms with Crippen molar-refractivity contribution in [3.63, 3.8) is 0 Å². The molecule has 1 fully saturated rings. The minimum absolute atomic E-state index is 0. The predicted octanol–water partition coefficient (Wildman–Crippen LogP) is 0.409. The summed E-state index contributed by atoms with van der Waals surface area (Å²) >= 11 is 0. The molecule has 5 nitrogen and oxygen atoms in total. The second kappa shape index (κ2) is 8.69. The summed E-state index contributed by atoms with van der Waals surface area (Å²) in [6, 6.07) is 0. The molecular formula is C11H23ClN2O3. The topological polar surface area (TPSA) is 64.8 Å². The number of carbonyl (C=O) groups is 1. The van der Waals surface area contributed by atoms with Crippen LogP contribution in [-0.2, 0) is 14.3 Å². The van der Waals surface area contributed by atoms with Crippen molar-refractivity contribution in [2.24, 2.45) is 5.73 Å². The molecule has 1 aliphatic rings. The smallest absolute Gasteiger partial charge is 0.252 e. The standard InChI is InChI=1S/C11H22N2O3.ClH/c1-13(11(14)10(7-12)15-2)8-9-5-3-4-6-16-9;/h9-10H,3-8,12H2,1-2H3;1H. The average molecular weight is 267 g/mol. The van der Waals surface area contributed by atoms with E-state index in [-0.39, 0.29) is 31.0 Å². The van der Waals surface area contributed by atoms with E-state index in [1.54, 1.807) is 11.9 Å². The molecule has 2 N–H and O–H groups in total. The van der Waals surface area contributed by atoms with Gasteiger partial charge < -0.3 is 20.1 Å². The number of halogens is 1. The largest absolute Gasteiger partial charge is 0.376 e. The van der Waals surface area contributed by atoms with Gasteiger partial charge in [0.1, 0.15) is 6.10 Å². The van der Waals surface area contributed by atoms with Crippen LogP contribution in [0.25, 0.3) is 0 Å². The van der Waals surface area contributed by atoms with Gasteiger partial charge in [0.25, 0.3) is 5.91 Å². The quantitative estimate of drug-likeness (QED) is 0.783. The number of methoxy groups -OCH3 is 1. The minimum atomic E-state index is -0.534. The molecule has 0 aromatic rings. The summed E-state index contributed by atoms with van der Waals surface area (Å²) < 4.78 is 10.6. The van der Waals surface area contributed by atoms with Crippen LogP contribution in [-0.4, -0.2) is 56.9 Å². The lowest BCUT2D eigenvalue weighted by atomic mass is 10.1. The highest BCUT2D eigenvalue weighted by Crippen LogP contribution is 2.13. The normalized spacial score (nSPS) is 21.5. The summed E-state index contributed by atoms with van der Waals surface area (Å²) in [5.41, 5.74) is 5.45. The van der Waals surface area contributed by atoms with Crippen molar-refractivity contribution in [1.29, 1.82) is 0 Å². The van der Waals surface area contributed by atoms with Gasteiger partial charge in [0.2, 0.25) is 0 Å². The SMILES string of the molecule is COC(CN)C(=O)N(C)CC1CCCCO1.Cl. The van der Waals surface area contributed by atoms with Crippen LogP contribution in [0.15, 0.2) is 0 Å². The number of hydrogen-bond donors (Lipinski definition) is 1. The molecule has 0 aromatic carbocycles. The van der Waals surface area contributed by atoms with Gasteiger partial charge in [0, 0.05) is 33.9 Å². The molecule has 17 heavy (non-hydrogen) atoms. The van der Waals surface area contributed by atoms with Gasteiger partial charge in [-0.05, 0) is 19.3 Å². The van der Waals surface area contributed by atoms with Gasteiger partial charge in [-0.1, -0.05) is 0 Å². The number of rotatable bonds is 5. The second-order valence-electron chi connectivity index (χ2n) is 4.17. The van der Waals surface area contributed by atoms with Crippen molar-refractivity contribution in [3.8, 4) is 0 Å². The van der Waals surface area contributed by atoms with Crippen LogP contribution >= 0.6 is 12.4 Å². The summed E-state index contributed by atoms with van der Waals surface area (Å²) in [7, 11) is 3.27. The number of hydrogen-bond acceptors (Lipinski definition) is 4. The summed E-state index contributed by atoms with van der Waals surface area (Å²) in [5.74, 6) is -0.0702. The maximum absolute atomic E-state index is 11.8. The first-order valence-electron chi connectivity index (χ1n) is 5.78. The molecule has 1 saturated heterocycles. The van der Waals surface area contributed by atoms with Gasteiger partial charge >= 0.3 is 0 Å². The zero-order valence-electron chi connectivity index (χ0n) is 10.6. The molecule has 102 valence electrons. The lowest BCUT2D eigenvalue weighted by Crippen LogP contribution is -2.45. The van der Waals surface area contributed by atoms with E-state index in [1.165, 1.54) is 13.5 Å². The molecule has 0 aromatic heterocycles. The third-order valence-corrected chi connectivity index (χ3v) is 2.90. The minimum Gasteiger partial charge on any atom is -0.376 e. The van der Waals surface area contributed by atoms with Crippen molar-refractivity contribution >= 4 is 18.3 Å². The van der Waals surface area contributed by atoms with Gasteiger partial charge in [0.15, 0.2) is 0 Å². The second-order valence-corrected chi connectivity index (χ2v) is 4.17. The Kier molecular flexibility index (Phi) is 8.51. The highest BCUT2D eigenvalue weighted by molar-refractivity contribution is 5.85. The molecular weight excluding hydrogens is 244 g/mol. The summed E-state index contributed by atoms with van der Waals surface area (Å²) in [6.07, 6.45) is 2.96. The number of ether oxygens (including phenoxy) is 2. The summed E-state index contributed by atoms with van der Waals surface area (Å²) in [4.78, 5) is 13.5. The van der Waals surface area contributed by atoms with Crippen molar-refractivity contribution < 1.29 is 14.3 Å². The van der Waals surface area contributed by atoms with Crippen LogP contribution in [0, 0.1) is 0 Å². The van der Waals surface area contributed by atoms with Crippen LogP contribution in [0.4, 0.5) is 0 Å². The fraction of sp³-hybridized carbons (Fsp3) is 0.909. The first-order valence-corrected chi connectivity index (χ1v) is 5.78. The first-order chi connectivity index (χ1) is 7.69. The van der Waals surface area contributed by atoms with Crippen molar-refractivity contribution in [1.82, 2.24) is 4.90 Å².